The second-order valence-electron chi connectivity index (χ2n) is 5.77. The van der Waals surface area contributed by atoms with Crippen molar-refractivity contribution in [1.29, 1.82) is 0 Å². The molecule has 1 heterocycles. The molecule has 3 rings (SSSR count). The quantitative estimate of drug-likeness (QED) is 0.557. The number of fused-ring (bicyclic) bond motifs is 3. The summed E-state index contributed by atoms with van der Waals surface area (Å²) in [5, 5.41) is 0. The number of hydrogen-bond donors (Lipinski definition) is 0. The van der Waals surface area contributed by atoms with Crippen LogP contribution in [0.2, 0.25) is 0 Å². The second-order valence-corrected chi connectivity index (χ2v) is 5.77. The normalized spacial score (nSPS) is 52.2. The van der Waals surface area contributed by atoms with E-state index in [2.05, 4.69) is 13.8 Å². The van der Waals surface area contributed by atoms with Crippen molar-refractivity contribution >= 4 is 0 Å². The Morgan fingerprint density at radius 3 is 2.46 bits per heavy atom. The van der Waals surface area contributed by atoms with Gasteiger partial charge in [-0.05, 0) is 49.4 Å². The van der Waals surface area contributed by atoms with Crippen molar-refractivity contribution in [3.8, 4) is 0 Å². The van der Waals surface area contributed by atoms with Gasteiger partial charge in [-0.15, -0.1) is 0 Å². The Morgan fingerprint density at radius 1 is 1.15 bits per heavy atom. The molecule has 1 aliphatic heterocycles. The lowest BCUT2D eigenvalue weighted by molar-refractivity contribution is -0.119. The molecule has 1 spiro atoms. The van der Waals surface area contributed by atoms with Gasteiger partial charge in [-0.3, -0.25) is 0 Å². The average Bonchev–Trinajstić information content (AvgIpc) is 2.75. The van der Waals surface area contributed by atoms with Crippen LogP contribution in [0.3, 0.4) is 0 Å². The molecule has 0 aromatic rings. The van der Waals surface area contributed by atoms with Crippen LogP contribution in [0.25, 0.3) is 0 Å². The molecule has 3 aliphatic rings. The molecule has 1 saturated heterocycles. The lowest BCUT2D eigenvalue weighted by Gasteiger charge is -2.46. The zero-order valence-electron chi connectivity index (χ0n) is 8.81. The molecule has 1 heteroatoms. The first-order valence-electron chi connectivity index (χ1n) is 5.81. The third-order valence-electron chi connectivity index (χ3n) is 5.26. The molecule has 1 nitrogen and oxygen atoms in total. The van der Waals surface area contributed by atoms with Crippen molar-refractivity contribution in [3.63, 3.8) is 0 Å². The van der Waals surface area contributed by atoms with Gasteiger partial charge >= 0.3 is 0 Å². The highest BCUT2D eigenvalue weighted by Crippen LogP contribution is 2.65. The predicted molar refractivity (Wildman–Crippen MR) is 52.5 cm³/mol. The standard InChI is InChI=1S/C12H20O/c1-11(2)9-4-5-10(8-9)12(11)6-3-7-13-12/h9-10H,3-8H2,1-2H3/t9-,10+,12-/m1/s1. The van der Waals surface area contributed by atoms with Gasteiger partial charge < -0.3 is 4.74 Å². The van der Waals surface area contributed by atoms with Crippen LogP contribution in [-0.4, -0.2) is 12.2 Å². The van der Waals surface area contributed by atoms with Crippen LogP contribution in [0, 0.1) is 17.3 Å². The molecule has 0 aromatic heterocycles. The molecule has 3 fully saturated rings. The highest BCUT2D eigenvalue weighted by Gasteiger charge is 2.64. The van der Waals surface area contributed by atoms with Crippen LogP contribution >= 0.6 is 0 Å². The van der Waals surface area contributed by atoms with Gasteiger partial charge in [0.15, 0.2) is 0 Å². The van der Waals surface area contributed by atoms with Gasteiger partial charge in [0, 0.05) is 6.61 Å². The van der Waals surface area contributed by atoms with Crippen LogP contribution in [0.5, 0.6) is 0 Å². The third kappa shape index (κ3) is 0.782. The predicted octanol–water partition coefficient (Wildman–Crippen LogP) is 2.99. The van der Waals surface area contributed by atoms with Gasteiger partial charge in [-0.1, -0.05) is 13.8 Å². The van der Waals surface area contributed by atoms with Gasteiger partial charge in [-0.25, -0.2) is 0 Å². The minimum atomic E-state index is 0.302. The van der Waals surface area contributed by atoms with Crippen molar-refractivity contribution in [3.05, 3.63) is 0 Å². The van der Waals surface area contributed by atoms with Crippen LogP contribution in [0.1, 0.15) is 46.0 Å². The third-order valence-corrected chi connectivity index (χ3v) is 5.26. The largest absolute Gasteiger partial charge is 0.374 e. The molecule has 0 N–H and O–H groups in total. The van der Waals surface area contributed by atoms with Gasteiger partial charge in [0.05, 0.1) is 5.60 Å². The van der Waals surface area contributed by atoms with E-state index in [-0.39, 0.29) is 0 Å². The summed E-state index contributed by atoms with van der Waals surface area (Å²) in [5.74, 6) is 1.85. The molecule has 0 amide bonds. The molecule has 3 atom stereocenters. The number of ether oxygens (including phenoxy) is 1. The molecule has 2 bridgehead atoms. The molecule has 2 saturated carbocycles. The Balaban J connectivity index is 2.02. The maximum atomic E-state index is 6.15. The Bertz CT molecular complexity index is 225. The van der Waals surface area contributed by atoms with Crippen molar-refractivity contribution < 1.29 is 4.74 Å². The fourth-order valence-corrected chi connectivity index (χ4v) is 4.42. The topological polar surface area (TPSA) is 9.23 Å². The van der Waals surface area contributed by atoms with E-state index >= 15 is 0 Å². The van der Waals surface area contributed by atoms with Crippen molar-refractivity contribution in [1.82, 2.24) is 0 Å². The first kappa shape index (κ1) is 8.28. The van der Waals surface area contributed by atoms with Crippen molar-refractivity contribution in [2.24, 2.45) is 17.3 Å². The molecule has 74 valence electrons. The minimum Gasteiger partial charge on any atom is -0.374 e. The van der Waals surface area contributed by atoms with E-state index in [1.165, 1.54) is 32.1 Å². The van der Waals surface area contributed by atoms with Gasteiger partial charge in [0.25, 0.3) is 0 Å². The van der Waals surface area contributed by atoms with Crippen molar-refractivity contribution in [2.45, 2.75) is 51.6 Å². The fraction of sp³-hybridized carbons (Fsp3) is 1.00. The lowest BCUT2D eigenvalue weighted by atomic mass is 9.64. The molecule has 0 radical (unpaired) electrons. The number of rotatable bonds is 0. The Kier molecular flexibility index (Phi) is 1.47. The highest BCUT2D eigenvalue weighted by atomic mass is 16.5. The fourth-order valence-electron chi connectivity index (χ4n) is 4.42. The van der Waals surface area contributed by atoms with E-state index in [1.807, 2.05) is 0 Å². The first-order valence-corrected chi connectivity index (χ1v) is 5.81. The summed E-state index contributed by atoms with van der Waals surface area (Å²) in [5.41, 5.74) is 0.766. The summed E-state index contributed by atoms with van der Waals surface area (Å²) in [6, 6.07) is 0. The monoisotopic (exact) mass is 180 g/mol. The maximum Gasteiger partial charge on any atom is 0.0764 e. The molecule has 0 unspecified atom stereocenters. The molecular weight excluding hydrogens is 160 g/mol. The Labute approximate surface area is 80.8 Å². The summed E-state index contributed by atoms with van der Waals surface area (Å²) in [4.78, 5) is 0. The summed E-state index contributed by atoms with van der Waals surface area (Å²) >= 11 is 0. The van der Waals surface area contributed by atoms with Crippen LogP contribution in [0.4, 0.5) is 0 Å². The summed E-state index contributed by atoms with van der Waals surface area (Å²) in [6.45, 7) is 5.91. The van der Waals surface area contributed by atoms with E-state index in [1.54, 1.807) is 0 Å². The van der Waals surface area contributed by atoms with E-state index in [9.17, 15) is 0 Å². The second kappa shape index (κ2) is 2.31. The van der Waals surface area contributed by atoms with E-state index in [4.69, 9.17) is 4.74 Å². The zero-order chi connectivity index (χ0) is 9.10. The average molecular weight is 180 g/mol. The molecule has 0 aromatic carbocycles. The Hall–Kier alpha value is -0.0400. The molecular formula is C12H20O. The van der Waals surface area contributed by atoms with Gasteiger partial charge in [0.1, 0.15) is 0 Å². The van der Waals surface area contributed by atoms with E-state index < -0.39 is 0 Å². The molecule has 13 heavy (non-hydrogen) atoms. The minimum absolute atomic E-state index is 0.302. The number of hydrogen-bond acceptors (Lipinski definition) is 1. The Morgan fingerprint density at radius 2 is 1.92 bits per heavy atom. The van der Waals surface area contributed by atoms with E-state index in [0.29, 0.717) is 11.0 Å². The van der Waals surface area contributed by atoms with Crippen LogP contribution in [0.15, 0.2) is 0 Å². The van der Waals surface area contributed by atoms with Gasteiger partial charge in [-0.2, -0.15) is 0 Å². The van der Waals surface area contributed by atoms with Crippen LogP contribution in [-0.2, 0) is 4.74 Å². The first-order chi connectivity index (χ1) is 6.17. The van der Waals surface area contributed by atoms with Crippen LogP contribution < -0.4 is 0 Å². The SMILES string of the molecule is CC1(C)[C@@H]2CC[C@@H](C2)[C@]12CCCO2. The summed E-state index contributed by atoms with van der Waals surface area (Å²) < 4.78 is 6.15. The maximum absolute atomic E-state index is 6.15. The van der Waals surface area contributed by atoms with E-state index in [0.717, 1.165) is 18.4 Å². The smallest absolute Gasteiger partial charge is 0.0764 e. The summed E-state index contributed by atoms with van der Waals surface area (Å²) in [6.07, 6.45) is 6.98. The zero-order valence-corrected chi connectivity index (χ0v) is 8.81. The lowest BCUT2D eigenvalue weighted by Crippen LogP contribution is -2.48. The highest BCUT2D eigenvalue weighted by molar-refractivity contribution is 5.14. The van der Waals surface area contributed by atoms with Crippen molar-refractivity contribution in [2.75, 3.05) is 6.61 Å². The molecule has 2 aliphatic carbocycles. The van der Waals surface area contributed by atoms with Gasteiger partial charge in [0.2, 0.25) is 0 Å². The summed E-state index contributed by atoms with van der Waals surface area (Å²) in [7, 11) is 0.